The Kier molecular flexibility index (Phi) is 7.48. The molecule has 0 bridgehead atoms. The van der Waals surface area contributed by atoms with Crippen molar-refractivity contribution in [1.29, 1.82) is 0 Å². The van der Waals surface area contributed by atoms with Crippen molar-refractivity contribution in [3.05, 3.63) is 52.4 Å². The molecule has 0 aliphatic carbocycles. The summed E-state index contributed by atoms with van der Waals surface area (Å²) >= 11 is 12.0. The molecule has 0 aliphatic heterocycles. The molecule has 0 fully saturated rings. The minimum Gasteiger partial charge on any atom is -0.394 e. The molecule has 1 aromatic carbocycles. The van der Waals surface area contributed by atoms with Gasteiger partial charge in [0.05, 0.1) is 35.3 Å². The molecular weight excluding hydrogens is 435 g/mol. The standard InChI is InChI=1S/C19H22Cl2N4O5/c1-10(27)19(25-6-5-12-17(24-29-2)22-9-23-18(12)25)30-15(8-26)16(28)11-3-4-13(20)14(21)7-11/h3-7,9-10,15-16,19,26-28H,8H2,1-2H3,(H,22,23,24)/t10-,15+,16-,19-/m1/s1. The molecule has 0 spiro atoms. The summed E-state index contributed by atoms with van der Waals surface area (Å²) in [5.41, 5.74) is 3.55. The number of halogens is 2. The molecule has 4 atom stereocenters. The predicted molar refractivity (Wildman–Crippen MR) is 112 cm³/mol. The van der Waals surface area contributed by atoms with Gasteiger partial charge in [0.1, 0.15) is 24.2 Å². The van der Waals surface area contributed by atoms with Crippen molar-refractivity contribution in [2.24, 2.45) is 0 Å². The Labute approximate surface area is 182 Å². The van der Waals surface area contributed by atoms with Crippen LogP contribution >= 0.6 is 23.2 Å². The fraction of sp³-hybridized carbons (Fsp3) is 0.368. The maximum absolute atomic E-state index is 10.7. The number of ether oxygens (including phenoxy) is 1. The molecule has 0 aliphatic rings. The summed E-state index contributed by atoms with van der Waals surface area (Å²) in [6.45, 7) is 1.03. The number of nitrogens with one attached hydrogen (secondary N) is 1. The quantitative estimate of drug-likeness (QED) is 0.362. The Hall–Kier alpha value is -1.98. The summed E-state index contributed by atoms with van der Waals surface area (Å²) in [5.74, 6) is 0.445. The summed E-state index contributed by atoms with van der Waals surface area (Å²) in [5, 5.41) is 32.2. The second kappa shape index (κ2) is 9.88. The van der Waals surface area contributed by atoms with Crippen LogP contribution in [0.2, 0.25) is 10.0 Å². The summed E-state index contributed by atoms with van der Waals surface area (Å²) in [7, 11) is 1.46. The van der Waals surface area contributed by atoms with Crippen molar-refractivity contribution >= 4 is 40.1 Å². The van der Waals surface area contributed by atoms with E-state index in [1.165, 1.54) is 26.4 Å². The van der Waals surface area contributed by atoms with E-state index in [-0.39, 0.29) is 5.02 Å². The van der Waals surface area contributed by atoms with Crippen LogP contribution in [-0.4, -0.2) is 55.8 Å². The van der Waals surface area contributed by atoms with E-state index in [0.717, 1.165) is 0 Å². The van der Waals surface area contributed by atoms with Gasteiger partial charge in [0.15, 0.2) is 12.0 Å². The SMILES string of the molecule is CONc1ncnc2c1ccn2[C@H](O[C@@H](CO)[C@H](O)c1ccc(Cl)c(Cl)c1)[C@@H](C)O. The zero-order chi connectivity index (χ0) is 21.8. The van der Waals surface area contributed by atoms with E-state index >= 15 is 0 Å². The molecule has 162 valence electrons. The van der Waals surface area contributed by atoms with Crippen molar-refractivity contribution in [2.75, 3.05) is 19.2 Å². The third-order valence-corrected chi connectivity index (χ3v) is 5.27. The molecular formula is C19H22Cl2N4O5. The first-order chi connectivity index (χ1) is 14.4. The van der Waals surface area contributed by atoms with E-state index in [2.05, 4.69) is 15.4 Å². The Morgan fingerprint density at radius 3 is 2.57 bits per heavy atom. The molecule has 0 amide bonds. The lowest BCUT2D eigenvalue weighted by atomic mass is 10.0. The van der Waals surface area contributed by atoms with Gasteiger partial charge in [0.25, 0.3) is 0 Å². The summed E-state index contributed by atoms with van der Waals surface area (Å²) in [4.78, 5) is 13.3. The van der Waals surface area contributed by atoms with Crippen molar-refractivity contribution in [3.63, 3.8) is 0 Å². The smallest absolute Gasteiger partial charge is 0.162 e. The average Bonchev–Trinajstić information content (AvgIpc) is 3.15. The van der Waals surface area contributed by atoms with Gasteiger partial charge in [-0.1, -0.05) is 29.3 Å². The Morgan fingerprint density at radius 2 is 1.93 bits per heavy atom. The van der Waals surface area contributed by atoms with Crippen molar-refractivity contribution in [1.82, 2.24) is 14.5 Å². The van der Waals surface area contributed by atoms with Gasteiger partial charge >= 0.3 is 0 Å². The molecule has 2 aromatic heterocycles. The number of aromatic nitrogens is 3. The third kappa shape index (κ3) is 4.68. The second-order valence-electron chi connectivity index (χ2n) is 6.60. The topological polar surface area (TPSA) is 122 Å². The molecule has 11 heteroatoms. The first kappa shape index (κ1) is 22.7. The molecule has 2 heterocycles. The van der Waals surface area contributed by atoms with Crippen LogP contribution in [0.4, 0.5) is 5.82 Å². The van der Waals surface area contributed by atoms with Gasteiger partial charge in [0, 0.05) is 6.20 Å². The number of anilines is 1. The fourth-order valence-electron chi connectivity index (χ4n) is 3.07. The first-order valence-electron chi connectivity index (χ1n) is 9.05. The number of hydrogen-bond donors (Lipinski definition) is 4. The maximum Gasteiger partial charge on any atom is 0.162 e. The Balaban J connectivity index is 1.91. The van der Waals surface area contributed by atoms with Gasteiger partial charge < -0.3 is 24.6 Å². The lowest BCUT2D eigenvalue weighted by Gasteiger charge is -2.30. The van der Waals surface area contributed by atoms with Crippen LogP contribution in [0.5, 0.6) is 0 Å². The van der Waals surface area contributed by atoms with Crippen LogP contribution in [-0.2, 0) is 9.57 Å². The van der Waals surface area contributed by atoms with E-state index in [0.29, 0.717) is 27.4 Å². The van der Waals surface area contributed by atoms with Crippen LogP contribution in [0, 0.1) is 0 Å². The highest BCUT2D eigenvalue weighted by Crippen LogP contribution is 2.31. The van der Waals surface area contributed by atoms with Crippen LogP contribution in [0.3, 0.4) is 0 Å². The number of fused-ring (bicyclic) bond motifs is 1. The van der Waals surface area contributed by atoms with Gasteiger partial charge in [0.2, 0.25) is 0 Å². The fourth-order valence-corrected chi connectivity index (χ4v) is 3.38. The van der Waals surface area contributed by atoms with Crippen LogP contribution in [0.15, 0.2) is 36.8 Å². The summed E-state index contributed by atoms with van der Waals surface area (Å²) in [6.07, 6.45) is -1.22. The number of rotatable bonds is 9. The van der Waals surface area contributed by atoms with Crippen molar-refractivity contribution in [2.45, 2.75) is 31.5 Å². The van der Waals surface area contributed by atoms with Gasteiger partial charge in [-0.3, -0.25) is 4.84 Å². The average molecular weight is 457 g/mol. The Morgan fingerprint density at radius 1 is 1.17 bits per heavy atom. The number of benzene rings is 1. The molecule has 0 saturated carbocycles. The lowest BCUT2D eigenvalue weighted by molar-refractivity contribution is -0.156. The molecule has 0 saturated heterocycles. The highest BCUT2D eigenvalue weighted by Gasteiger charge is 2.29. The number of aliphatic hydroxyl groups excluding tert-OH is 3. The molecule has 3 rings (SSSR count). The van der Waals surface area contributed by atoms with Gasteiger partial charge in [-0.2, -0.15) is 0 Å². The molecule has 4 N–H and O–H groups in total. The van der Waals surface area contributed by atoms with E-state index < -0.39 is 31.1 Å². The highest BCUT2D eigenvalue weighted by molar-refractivity contribution is 6.42. The summed E-state index contributed by atoms with van der Waals surface area (Å²) in [6, 6.07) is 6.37. The Bertz CT molecular complexity index is 1000. The lowest BCUT2D eigenvalue weighted by Crippen LogP contribution is -2.34. The highest BCUT2D eigenvalue weighted by atomic mass is 35.5. The monoisotopic (exact) mass is 456 g/mol. The zero-order valence-corrected chi connectivity index (χ0v) is 17.7. The second-order valence-corrected chi connectivity index (χ2v) is 7.41. The number of aliphatic hydroxyl groups is 3. The predicted octanol–water partition coefficient (Wildman–Crippen LogP) is 2.70. The maximum atomic E-state index is 10.7. The van der Waals surface area contributed by atoms with Crippen LogP contribution < -0.4 is 5.48 Å². The van der Waals surface area contributed by atoms with Gasteiger partial charge in [-0.05, 0) is 30.7 Å². The molecule has 0 radical (unpaired) electrons. The van der Waals surface area contributed by atoms with Crippen molar-refractivity contribution in [3.8, 4) is 0 Å². The molecule has 0 unspecified atom stereocenters. The largest absolute Gasteiger partial charge is 0.394 e. The number of nitrogens with zero attached hydrogens (tertiary/aromatic N) is 3. The minimum absolute atomic E-state index is 0.267. The third-order valence-electron chi connectivity index (χ3n) is 4.53. The number of hydrogen-bond acceptors (Lipinski definition) is 8. The van der Waals surface area contributed by atoms with Gasteiger partial charge in [-0.15, -0.1) is 0 Å². The first-order valence-corrected chi connectivity index (χ1v) is 9.80. The van der Waals surface area contributed by atoms with Crippen LogP contribution in [0.1, 0.15) is 24.8 Å². The molecule has 3 aromatic rings. The van der Waals surface area contributed by atoms with E-state index in [1.807, 2.05) is 0 Å². The normalized spacial score (nSPS) is 15.7. The van der Waals surface area contributed by atoms with Crippen LogP contribution in [0.25, 0.3) is 11.0 Å². The molecule has 9 nitrogen and oxygen atoms in total. The van der Waals surface area contributed by atoms with E-state index in [1.54, 1.807) is 29.0 Å². The van der Waals surface area contributed by atoms with Crippen molar-refractivity contribution < 1.29 is 24.9 Å². The zero-order valence-electron chi connectivity index (χ0n) is 16.2. The minimum atomic E-state index is -1.21. The summed E-state index contributed by atoms with van der Waals surface area (Å²) < 4.78 is 7.51. The van der Waals surface area contributed by atoms with E-state index in [4.69, 9.17) is 32.8 Å². The van der Waals surface area contributed by atoms with E-state index in [9.17, 15) is 15.3 Å². The molecule has 30 heavy (non-hydrogen) atoms. The van der Waals surface area contributed by atoms with Gasteiger partial charge in [-0.25, -0.2) is 15.4 Å².